The molecule has 0 aliphatic carbocycles. The molecule has 88 valence electrons. The summed E-state index contributed by atoms with van der Waals surface area (Å²) in [5.41, 5.74) is 1.30. The van der Waals surface area contributed by atoms with E-state index in [2.05, 4.69) is 17.1 Å². The van der Waals surface area contributed by atoms with Gasteiger partial charge < -0.3 is 10.4 Å². The highest BCUT2D eigenvalue weighted by molar-refractivity contribution is 8.00. The first-order chi connectivity index (χ1) is 7.79. The van der Waals surface area contributed by atoms with Gasteiger partial charge in [-0.2, -0.15) is 11.8 Å². The van der Waals surface area contributed by atoms with Crippen LogP contribution >= 0.6 is 11.8 Å². The number of phenols is 1. The molecule has 1 aromatic rings. The van der Waals surface area contributed by atoms with Gasteiger partial charge in [0, 0.05) is 11.3 Å². The molecule has 2 nitrogen and oxygen atoms in total. The average molecular weight is 237 g/mol. The molecule has 2 atom stereocenters. The highest BCUT2D eigenvalue weighted by Gasteiger charge is 2.24. The maximum atomic E-state index is 9.24. The fourth-order valence-corrected chi connectivity index (χ4v) is 3.66. The van der Waals surface area contributed by atoms with Crippen LogP contribution in [0.4, 0.5) is 0 Å². The van der Waals surface area contributed by atoms with Crippen LogP contribution in [0.25, 0.3) is 0 Å². The van der Waals surface area contributed by atoms with E-state index in [4.69, 9.17) is 0 Å². The van der Waals surface area contributed by atoms with Crippen LogP contribution in [0.1, 0.15) is 18.4 Å². The Balaban J connectivity index is 1.97. The summed E-state index contributed by atoms with van der Waals surface area (Å²) in [6.07, 6.45) is 3.73. The van der Waals surface area contributed by atoms with Gasteiger partial charge in [-0.05, 0) is 49.8 Å². The number of thioether (sulfide) groups is 1. The van der Waals surface area contributed by atoms with Crippen LogP contribution in [-0.2, 0) is 6.42 Å². The van der Waals surface area contributed by atoms with Gasteiger partial charge in [0.25, 0.3) is 0 Å². The molecule has 2 N–H and O–H groups in total. The third-order valence-corrected chi connectivity index (χ3v) is 4.69. The predicted octanol–water partition coefficient (Wildman–Crippen LogP) is 2.42. The Morgan fingerprint density at radius 2 is 2.19 bits per heavy atom. The van der Waals surface area contributed by atoms with E-state index in [9.17, 15) is 5.11 Å². The zero-order valence-corrected chi connectivity index (χ0v) is 10.5. The number of benzene rings is 1. The molecule has 2 unspecified atom stereocenters. The SMILES string of the molecule is CNC(Cc1ccc(O)cc1)C1CCCS1. The van der Waals surface area contributed by atoms with Crippen molar-refractivity contribution in [3.8, 4) is 5.75 Å². The van der Waals surface area contributed by atoms with Gasteiger partial charge >= 0.3 is 0 Å². The van der Waals surface area contributed by atoms with E-state index in [0.717, 1.165) is 11.7 Å². The van der Waals surface area contributed by atoms with E-state index in [1.807, 2.05) is 19.2 Å². The van der Waals surface area contributed by atoms with Crippen LogP contribution in [0.15, 0.2) is 24.3 Å². The smallest absolute Gasteiger partial charge is 0.115 e. The van der Waals surface area contributed by atoms with Crippen molar-refractivity contribution in [1.82, 2.24) is 5.32 Å². The first kappa shape index (κ1) is 11.8. The number of nitrogens with one attached hydrogen (secondary N) is 1. The van der Waals surface area contributed by atoms with E-state index in [-0.39, 0.29) is 0 Å². The summed E-state index contributed by atoms with van der Waals surface area (Å²) in [5.74, 6) is 1.65. The van der Waals surface area contributed by atoms with Crippen molar-refractivity contribution in [2.75, 3.05) is 12.8 Å². The largest absolute Gasteiger partial charge is 0.508 e. The second kappa shape index (κ2) is 5.60. The van der Waals surface area contributed by atoms with E-state index >= 15 is 0 Å². The molecular weight excluding hydrogens is 218 g/mol. The van der Waals surface area contributed by atoms with Crippen LogP contribution < -0.4 is 5.32 Å². The fraction of sp³-hybridized carbons (Fsp3) is 0.538. The summed E-state index contributed by atoms with van der Waals surface area (Å²) in [5, 5.41) is 13.4. The van der Waals surface area contributed by atoms with E-state index in [1.165, 1.54) is 24.2 Å². The van der Waals surface area contributed by atoms with E-state index in [0.29, 0.717) is 11.8 Å². The molecule has 2 rings (SSSR count). The third kappa shape index (κ3) is 2.92. The number of hydrogen-bond donors (Lipinski definition) is 2. The van der Waals surface area contributed by atoms with Crippen molar-refractivity contribution < 1.29 is 5.11 Å². The summed E-state index contributed by atoms with van der Waals surface area (Å²) < 4.78 is 0. The van der Waals surface area contributed by atoms with Gasteiger partial charge in [0.2, 0.25) is 0 Å². The zero-order valence-electron chi connectivity index (χ0n) is 9.65. The number of aromatic hydroxyl groups is 1. The van der Waals surface area contributed by atoms with E-state index < -0.39 is 0 Å². The molecule has 1 saturated heterocycles. The molecule has 0 saturated carbocycles. The molecule has 0 aromatic heterocycles. The minimum absolute atomic E-state index is 0.347. The second-order valence-corrected chi connectivity index (χ2v) is 5.66. The highest BCUT2D eigenvalue weighted by atomic mass is 32.2. The van der Waals surface area contributed by atoms with Gasteiger partial charge in [-0.25, -0.2) is 0 Å². The lowest BCUT2D eigenvalue weighted by atomic mass is 10.0. The number of likely N-dealkylation sites (N-methyl/N-ethyl adjacent to an activating group) is 1. The molecule has 1 aromatic carbocycles. The number of rotatable bonds is 4. The van der Waals surface area contributed by atoms with Crippen LogP contribution in [0.2, 0.25) is 0 Å². The van der Waals surface area contributed by atoms with Crippen LogP contribution in [0.3, 0.4) is 0 Å². The van der Waals surface area contributed by atoms with Crippen molar-refractivity contribution in [2.45, 2.75) is 30.6 Å². The fourth-order valence-electron chi connectivity index (χ4n) is 2.23. The van der Waals surface area contributed by atoms with Gasteiger partial charge in [0.05, 0.1) is 0 Å². The normalized spacial score (nSPS) is 22.2. The molecule has 0 radical (unpaired) electrons. The quantitative estimate of drug-likeness (QED) is 0.843. The number of phenolic OH excluding ortho intramolecular Hbond substituents is 1. The Morgan fingerprint density at radius 3 is 2.75 bits per heavy atom. The lowest BCUT2D eigenvalue weighted by Crippen LogP contribution is -2.36. The lowest BCUT2D eigenvalue weighted by Gasteiger charge is -2.22. The Bertz CT molecular complexity index is 319. The molecule has 16 heavy (non-hydrogen) atoms. The first-order valence-electron chi connectivity index (χ1n) is 5.86. The van der Waals surface area contributed by atoms with Crippen molar-refractivity contribution in [1.29, 1.82) is 0 Å². The molecule has 0 spiro atoms. The van der Waals surface area contributed by atoms with Gasteiger partial charge in [-0.15, -0.1) is 0 Å². The maximum absolute atomic E-state index is 9.24. The summed E-state index contributed by atoms with van der Waals surface area (Å²) in [6, 6.07) is 8.11. The minimum Gasteiger partial charge on any atom is -0.508 e. The standard InChI is InChI=1S/C13H19NOS/c1-14-12(13-3-2-8-16-13)9-10-4-6-11(15)7-5-10/h4-7,12-15H,2-3,8-9H2,1H3. The van der Waals surface area contributed by atoms with Gasteiger partial charge in [0.15, 0.2) is 0 Å². The van der Waals surface area contributed by atoms with Gasteiger partial charge in [0.1, 0.15) is 5.75 Å². The summed E-state index contributed by atoms with van der Waals surface area (Å²) >= 11 is 2.09. The average Bonchev–Trinajstić information content (AvgIpc) is 2.82. The maximum Gasteiger partial charge on any atom is 0.115 e. The Kier molecular flexibility index (Phi) is 4.13. The third-order valence-electron chi connectivity index (χ3n) is 3.18. The van der Waals surface area contributed by atoms with Crippen molar-refractivity contribution in [2.24, 2.45) is 0 Å². The van der Waals surface area contributed by atoms with Crippen LogP contribution in [0, 0.1) is 0 Å². The van der Waals surface area contributed by atoms with Gasteiger partial charge in [-0.3, -0.25) is 0 Å². The molecule has 1 heterocycles. The predicted molar refractivity (Wildman–Crippen MR) is 70.1 cm³/mol. The molecule has 3 heteroatoms. The molecule has 0 amide bonds. The van der Waals surface area contributed by atoms with Crippen LogP contribution in [-0.4, -0.2) is 29.2 Å². The van der Waals surface area contributed by atoms with Gasteiger partial charge in [-0.1, -0.05) is 12.1 Å². The Labute approximate surface area is 101 Å². The van der Waals surface area contributed by atoms with Crippen LogP contribution in [0.5, 0.6) is 5.75 Å². The van der Waals surface area contributed by atoms with E-state index in [1.54, 1.807) is 12.1 Å². The van der Waals surface area contributed by atoms with Crippen molar-refractivity contribution >= 4 is 11.8 Å². The zero-order chi connectivity index (χ0) is 11.4. The monoisotopic (exact) mass is 237 g/mol. The summed E-state index contributed by atoms with van der Waals surface area (Å²) in [7, 11) is 2.05. The summed E-state index contributed by atoms with van der Waals surface area (Å²) in [6.45, 7) is 0. The molecule has 0 bridgehead atoms. The van der Waals surface area contributed by atoms with Crippen molar-refractivity contribution in [3.63, 3.8) is 0 Å². The first-order valence-corrected chi connectivity index (χ1v) is 6.91. The Hall–Kier alpha value is -0.670. The lowest BCUT2D eigenvalue weighted by molar-refractivity contribution is 0.474. The minimum atomic E-state index is 0.347. The van der Waals surface area contributed by atoms with Crippen molar-refractivity contribution in [3.05, 3.63) is 29.8 Å². The molecule has 1 aliphatic heterocycles. The summed E-state index contributed by atoms with van der Waals surface area (Å²) in [4.78, 5) is 0. The molecule has 1 fully saturated rings. The molecule has 1 aliphatic rings. The Morgan fingerprint density at radius 1 is 1.44 bits per heavy atom. The number of hydrogen-bond acceptors (Lipinski definition) is 3. The highest BCUT2D eigenvalue weighted by Crippen LogP contribution is 2.30. The topological polar surface area (TPSA) is 32.3 Å². The molecular formula is C13H19NOS. The second-order valence-electron chi connectivity index (χ2n) is 4.32.